The van der Waals surface area contributed by atoms with Gasteiger partial charge in [-0.2, -0.15) is 0 Å². The fraction of sp³-hybridized carbons (Fsp3) is 0.167. The molecule has 0 heterocycles. The SMILES string of the molecule is ClC1C=C[CH+]C=C1. The highest BCUT2D eigenvalue weighted by Crippen LogP contribution is 2.05. The molecule has 7 heavy (non-hydrogen) atoms. The highest BCUT2D eigenvalue weighted by atomic mass is 35.5. The fourth-order valence-electron chi connectivity index (χ4n) is 0.469. The van der Waals surface area contributed by atoms with E-state index in [1.54, 1.807) is 0 Å². The normalized spacial score (nSPS) is 19.6. The van der Waals surface area contributed by atoms with Crippen LogP contribution in [-0.2, 0) is 0 Å². The minimum atomic E-state index is 0.116. The maximum absolute atomic E-state index is 5.62. The predicted octanol–water partition coefficient (Wildman–Crippen LogP) is 1.92. The van der Waals surface area contributed by atoms with Crippen molar-refractivity contribution >= 4 is 11.6 Å². The lowest BCUT2D eigenvalue weighted by atomic mass is 10.2. The summed E-state index contributed by atoms with van der Waals surface area (Å²) >= 11 is 5.62. The highest BCUT2D eigenvalue weighted by Gasteiger charge is 2.02. The van der Waals surface area contributed by atoms with Crippen molar-refractivity contribution in [1.82, 2.24) is 0 Å². The van der Waals surface area contributed by atoms with Crippen molar-refractivity contribution in [2.45, 2.75) is 5.38 Å². The maximum atomic E-state index is 5.62. The van der Waals surface area contributed by atoms with E-state index in [1.165, 1.54) is 0 Å². The lowest BCUT2D eigenvalue weighted by Gasteiger charge is -1.88. The van der Waals surface area contributed by atoms with Crippen LogP contribution in [0.3, 0.4) is 0 Å². The molecule has 0 radical (unpaired) electrons. The van der Waals surface area contributed by atoms with Crippen LogP contribution >= 0.6 is 11.6 Å². The lowest BCUT2D eigenvalue weighted by Crippen LogP contribution is -1.88. The molecule has 0 atom stereocenters. The average Bonchev–Trinajstić information content (AvgIpc) is 1.69. The van der Waals surface area contributed by atoms with Gasteiger partial charge in [0.2, 0.25) is 0 Å². The van der Waals surface area contributed by atoms with Gasteiger partial charge in [0.25, 0.3) is 0 Å². The molecule has 0 nitrogen and oxygen atoms in total. The first-order valence-corrected chi connectivity index (χ1v) is 2.65. The first kappa shape index (κ1) is 4.79. The molecule has 36 valence electrons. The molecule has 0 aromatic heterocycles. The third kappa shape index (κ3) is 1.28. The van der Waals surface area contributed by atoms with Gasteiger partial charge in [-0.25, -0.2) is 0 Å². The van der Waals surface area contributed by atoms with Crippen molar-refractivity contribution in [1.29, 1.82) is 0 Å². The van der Waals surface area contributed by atoms with Gasteiger partial charge in [0, 0.05) is 30.7 Å². The molecule has 0 aliphatic heterocycles. The summed E-state index contributed by atoms with van der Waals surface area (Å²) in [6, 6.07) is 0. The van der Waals surface area contributed by atoms with Crippen molar-refractivity contribution < 1.29 is 0 Å². The number of allylic oxidation sites excluding steroid dienone is 4. The zero-order valence-electron chi connectivity index (χ0n) is 3.84. The van der Waals surface area contributed by atoms with Crippen LogP contribution in [0.4, 0.5) is 0 Å². The van der Waals surface area contributed by atoms with E-state index >= 15 is 0 Å². The summed E-state index contributed by atoms with van der Waals surface area (Å²) in [5.41, 5.74) is 0. The Morgan fingerprint density at radius 1 is 1.29 bits per heavy atom. The molecule has 1 aliphatic carbocycles. The van der Waals surface area contributed by atoms with Gasteiger partial charge in [-0.05, 0) is 0 Å². The third-order valence-corrected chi connectivity index (χ3v) is 1.10. The Kier molecular flexibility index (Phi) is 1.42. The second-order valence-corrected chi connectivity index (χ2v) is 1.91. The minimum absolute atomic E-state index is 0.116. The van der Waals surface area contributed by atoms with Crippen LogP contribution in [0, 0.1) is 6.42 Å². The maximum Gasteiger partial charge on any atom is 0.156 e. The molecule has 0 saturated heterocycles. The zero-order valence-corrected chi connectivity index (χ0v) is 4.60. The van der Waals surface area contributed by atoms with Crippen molar-refractivity contribution in [3.63, 3.8) is 0 Å². The summed E-state index contributed by atoms with van der Waals surface area (Å²) in [6.45, 7) is 0. The van der Waals surface area contributed by atoms with Crippen molar-refractivity contribution in [3.05, 3.63) is 30.7 Å². The monoisotopic (exact) mass is 113 g/mol. The number of hydrogen-bond acceptors (Lipinski definition) is 0. The van der Waals surface area contributed by atoms with Crippen LogP contribution in [0.25, 0.3) is 0 Å². The summed E-state index contributed by atoms with van der Waals surface area (Å²) in [5.74, 6) is 0. The van der Waals surface area contributed by atoms with E-state index in [1.807, 2.05) is 30.7 Å². The molecule has 1 rings (SSSR count). The first-order valence-electron chi connectivity index (χ1n) is 2.22. The standard InChI is InChI=1S/C6H6Cl/c7-6-4-2-1-3-5-6/h1-6H/q+1. The second-order valence-electron chi connectivity index (χ2n) is 1.41. The molecule has 1 heteroatoms. The van der Waals surface area contributed by atoms with Crippen LogP contribution in [0.1, 0.15) is 0 Å². The summed E-state index contributed by atoms with van der Waals surface area (Å²) < 4.78 is 0. The third-order valence-electron chi connectivity index (χ3n) is 0.812. The van der Waals surface area contributed by atoms with E-state index < -0.39 is 0 Å². The summed E-state index contributed by atoms with van der Waals surface area (Å²) in [6.07, 6.45) is 9.71. The van der Waals surface area contributed by atoms with Crippen LogP contribution < -0.4 is 0 Å². The number of hydrogen-bond donors (Lipinski definition) is 0. The zero-order chi connectivity index (χ0) is 5.11. The molecule has 0 N–H and O–H groups in total. The molecule has 0 spiro atoms. The van der Waals surface area contributed by atoms with Crippen molar-refractivity contribution in [2.75, 3.05) is 0 Å². The van der Waals surface area contributed by atoms with Crippen LogP contribution in [0.15, 0.2) is 24.3 Å². The van der Waals surface area contributed by atoms with E-state index in [-0.39, 0.29) is 5.38 Å². The van der Waals surface area contributed by atoms with Gasteiger partial charge in [-0.3, -0.25) is 0 Å². The number of alkyl halides is 1. The Morgan fingerprint density at radius 2 is 1.86 bits per heavy atom. The van der Waals surface area contributed by atoms with E-state index in [4.69, 9.17) is 11.6 Å². The summed E-state index contributed by atoms with van der Waals surface area (Å²) in [7, 11) is 0. The largest absolute Gasteiger partial charge is 0.156 e. The van der Waals surface area contributed by atoms with Gasteiger partial charge in [-0.15, -0.1) is 0 Å². The molecule has 0 aromatic carbocycles. The fourth-order valence-corrected chi connectivity index (χ4v) is 0.637. The average molecular weight is 114 g/mol. The molecule has 0 amide bonds. The quantitative estimate of drug-likeness (QED) is 0.333. The van der Waals surface area contributed by atoms with Gasteiger partial charge >= 0.3 is 0 Å². The number of halogens is 1. The first-order chi connectivity index (χ1) is 3.39. The topological polar surface area (TPSA) is 0 Å². The Labute approximate surface area is 48.5 Å². The molecular weight excluding hydrogens is 108 g/mol. The summed E-state index contributed by atoms with van der Waals surface area (Å²) in [4.78, 5) is 0. The van der Waals surface area contributed by atoms with Gasteiger partial charge in [-0.1, -0.05) is 11.6 Å². The van der Waals surface area contributed by atoms with Gasteiger partial charge in [0.1, 0.15) is 0 Å². The second kappa shape index (κ2) is 2.08. The van der Waals surface area contributed by atoms with E-state index in [0.717, 1.165) is 0 Å². The Hall–Kier alpha value is -0.360. The smallest absolute Gasteiger partial charge is 0.0830 e. The van der Waals surface area contributed by atoms with Crippen LogP contribution in [-0.4, -0.2) is 5.38 Å². The molecule has 0 aromatic rings. The lowest BCUT2D eigenvalue weighted by molar-refractivity contribution is 1.35. The molecule has 0 saturated carbocycles. The minimum Gasteiger partial charge on any atom is -0.0830 e. The summed E-state index contributed by atoms with van der Waals surface area (Å²) in [5, 5.41) is 0.116. The Balaban J connectivity index is 2.49. The van der Waals surface area contributed by atoms with E-state index in [2.05, 4.69) is 0 Å². The predicted molar refractivity (Wildman–Crippen MR) is 32.2 cm³/mol. The van der Waals surface area contributed by atoms with Gasteiger partial charge < -0.3 is 0 Å². The van der Waals surface area contributed by atoms with E-state index in [9.17, 15) is 0 Å². The molecular formula is C6H6Cl+. The van der Waals surface area contributed by atoms with Crippen LogP contribution in [0.5, 0.6) is 0 Å². The van der Waals surface area contributed by atoms with E-state index in [0.29, 0.717) is 0 Å². The highest BCUT2D eigenvalue weighted by molar-refractivity contribution is 6.23. The van der Waals surface area contributed by atoms with Gasteiger partial charge in [0.15, 0.2) is 5.38 Å². The number of rotatable bonds is 0. The Morgan fingerprint density at radius 3 is 2.14 bits per heavy atom. The molecule has 0 fully saturated rings. The molecule has 0 bridgehead atoms. The molecule has 1 aliphatic rings. The Bertz CT molecular complexity index is 90.7. The van der Waals surface area contributed by atoms with Crippen molar-refractivity contribution in [2.24, 2.45) is 0 Å². The van der Waals surface area contributed by atoms with Crippen molar-refractivity contribution in [3.8, 4) is 0 Å². The van der Waals surface area contributed by atoms with Crippen LogP contribution in [0.2, 0.25) is 0 Å². The molecule has 0 unspecified atom stereocenters. The van der Waals surface area contributed by atoms with Gasteiger partial charge in [0.05, 0.1) is 0 Å².